The van der Waals surface area contributed by atoms with Gasteiger partial charge in [-0.2, -0.15) is 0 Å². The van der Waals surface area contributed by atoms with Crippen molar-refractivity contribution < 1.29 is 18.3 Å². The van der Waals surface area contributed by atoms with Crippen molar-refractivity contribution in [3.8, 4) is 0 Å². The number of hydrogen-bond acceptors (Lipinski definition) is 5. The molecule has 4 N–H and O–H groups in total. The van der Waals surface area contributed by atoms with Crippen molar-refractivity contribution in [3.63, 3.8) is 0 Å². The molecule has 19 heavy (non-hydrogen) atoms. The van der Waals surface area contributed by atoms with Crippen molar-refractivity contribution in [1.29, 1.82) is 0 Å². The summed E-state index contributed by atoms with van der Waals surface area (Å²) in [6, 6.07) is 4.44. The van der Waals surface area contributed by atoms with E-state index in [1.54, 1.807) is 0 Å². The molecule has 0 amide bonds. The van der Waals surface area contributed by atoms with Crippen LogP contribution >= 0.6 is 15.9 Å². The van der Waals surface area contributed by atoms with Crippen LogP contribution in [0.4, 0.5) is 5.69 Å². The summed E-state index contributed by atoms with van der Waals surface area (Å²) in [6.45, 7) is 0.494. The molecular formula is C11H15BrN2O4S. The quantitative estimate of drug-likeness (QED) is 0.684. The van der Waals surface area contributed by atoms with E-state index in [4.69, 9.17) is 10.5 Å². The Bertz CT molecular complexity index is 570. The van der Waals surface area contributed by atoms with E-state index < -0.39 is 15.6 Å². The van der Waals surface area contributed by atoms with E-state index in [9.17, 15) is 13.5 Å². The maximum absolute atomic E-state index is 12.1. The molecule has 0 radical (unpaired) electrons. The second kappa shape index (κ2) is 5.37. The third-order valence-electron chi connectivity index (χ3n) is 2.92. The summed E-state index contributed by atoms with van der Waals surface area (Å²) in [6.07, 6.45) is 0.415. The first kappa shape index (κ1) is 14.7. The SMILES string of the molecule is Nc1ccc(S(=O)(=O)NCC2(O)CCOC2)c(Br)c1. The van der Waals surface area contributed by atoms with Gasteiger partial charge in [-0.3, -0.25) is 0 Å². The minimum absolute atomic E-state index is 0.0772. The van der Waals surface area contributed by atoms with E-state index in [-0.39, 0.29) is 18.0 Å². The van der Waals surface area contributed by atoms with Gasteiger partial charge in [0.2, 0.25) is 10.0 Å². The fourth-order valence-corrected chi connectivity index (χ4v) is 3.99. The van der Waals surface area contributed by atoms with Crippen LogP contribution in [0.2, 0.25) is 0 Å². The molecule has 0 aliphatic carbocycles. The zero-order valence-corrected chi connectivity index (χ0v) is 12.5. The highest BCUT2D eigenvalue weighted by atomic mass is 79.9. The van der Waals surface area contributed by atoms with Crippen molar-refractivity contribution in [2.75, 3.05) is 25.5 Å². The Morgan fingerprint density at radius 3 is 2.84 bits per heavy atom. The van der Waals surface area contributed by atoms with Crippen LogP contribution in [-0.4, -0.2) is 38.9 Å². The normalized spacial score (nSPS) is 23.7. The minimum atomic E-state index is -3.70. The summed E-state index contributed by atoms with van der Waals surface area (Å²) in [5.41, 5.74) is 4.90. The van der Waals surface area contributed by atoms with Crippen molar-refractivity contribution in [2.45, 2.75) is 16.9 Å². The van der Waals surface area contributed by atoms with Crippen LogP contribution < -0.4 is 10.5 Å². The molecule has 0 aromatic heterocycles. The highest BCUT2D eigenvalue weighted by Gasteiger charge is 2.34. The van der Waals surface area contributed by atoms with Crippen molar-refractivity contribution >= 4 is 31.6 Å². The summed E-state index contributed by atoms with van der Waals surface area (Å²) in [7, 11) is -3.70. The lowest BCUT2D eigenvalue weighted by atomic mass is 10.1. The van der Waals surface area contributed by atoms with Crippen molar-refractivity contribution in [2.24, 2.45) is 0 Å². The Labute approximate surface area is 120 Å². The third-order valence-corrected chi connectivity index (χ3v) is 5.30. The van der Waals surface area contributed by atoms with Gasteiger partial charge in [-0.05, 0) is 34.1 Å². The molecule has 0 saturated carbocycles. The molecule has 1 aromatic carbocycles. The van der Waals surface area contributed by atoms with Crippen LogP contribution in [0.5, 0.6) is 0 Å². The van der Waals surface area contributed by atoms with Crippen LogP contribution in [0.1, 0.15) is 6.42 Å². The standard InChI is InChI=1S/C11H15BrN2O4S/c12-9-5-8(13)1-2-10(9)19(16,17)14-6-11(15)3-4-18-7-11/h1-2,5,14-15H,3-4,6-7,13H2. The van der Waals surface area contributed by atoms with E-state index in [0.29, 0.717) is 23.2 Å². The van der Waals surface area contributed by atoms with Gasteiger partial charge in [0.1, 0.15) is 5.60 Å². The molecule has 106 valence electrons. The smallest absolute Gasteiger partial charge is 0.241 e. The number of aliphatic hydroxyl groups is 1. The lowest BCUT2D eigenvalue weighted by Crippen LogP contribution is -2.43. The maximum Gasteiger partial charge on any atom is 0.241 e. The Hall–Kier alpha value is -0.670. The highest BCUT2D eigenvalue weighted by Crippen LogP contribution is 2.25. The van der Waals surface area contributed by atoms with Crippen molar-refractivity contribution in [1.82, 2.24) is 4.72 Å². The lowest BCUT2D eigenvalue weighted by Gasteiger charge is -2.20. The zero-order chi connectivity index (χ0) is 14.1. The number of halogens is 1. The fourth-order valence-electron chi connectivity index (χ4n) is 1.78. The molecule has 1 unspecified atom stereocenters. The van der Waals surface area contributed by atoms with Gasteiger partial charge in [0, 0.05) is 29.7 Å². The summed E-state index contributed by atoms with van der Waals surface area (Å²) < 4.78 is 32.1. The average molecular weight is 351 g/mol. The predicted molar refractivity (Wildman–Crippen MR) is 74.1 cm³/mol. The second-order valence-corrected chi connectivity index (χ2v) is 7.13. The van der Waals surface area contributed by atoms with Crippen molar-refractivity contribution in [3.05, 3.63) is 22.7 Å². The summed E-state index contributed by atoms with van der Waals surface area (Å²) in [5, 5.41) is 10.0. The van der Waals surface area contributed by atoms with Gasteiger partial charge in [0.25, 0.3) is 0 Å². The second-order valence-electron chi connectivity index (χ2n) is 4.54. The topological polar surface area (TPSA) is 102 Å². The van der Waals surface area contributed by atoms with Gasteiger partial charge in [0.15, 0.2) is 0 Å². The molecule has 0 spiro atoms. The molecule has 1 fully saturated rings. The number of sulfonamides is 1. The van der Waals surface area contributed by atoms with Crippen LogP contribution in [-0.2, 0) is 14.8 Å². The van der Waals surface area contributed by atoms with E-state index in [2.05, 4.69) is 20.7 Å². The number of benzene rings is 1. The van der Waals surface area contributed by atoms with Gasteiger partial charge in [-0.1, -0.05) is 0 Å². The largest absolute Gasteiger partial charge is 0.399 e. The third kappa shape index (κ3) is 3.46. The lowest BCUT2D eigenvalue weighted by molar-refractivity contribution is 0.0314. The number of rotatable bonds is 4. The van der Waals surface area contributed by atoms with Crippen LogP contribution in [0.3, 0.4) is 0 Å². The summed E-state index contributed by atoms with van der Waals surface area (Å²) in [4.78, 5) is 0.0872. The van der Waals surface area contributed by atoms with Crippen LogP contribution in [0, 0.1) is 0 Å². The van der Waals surface area contributed by atoms with Gasteiger partial charge >= 0.3 is 0 Å². The molecule has 1 saturated heterocycles. The van der Waals surface area contributed by atoms with E-state index in [0.717, 1.165) is 0 Å². The molecule has 1 aliphatic heterocycles. The summed E-state index contributed by atoms with van der Waals surface area (Å²) in [5.74, 6) is 0. The number of hydrogen-bond donors (Lipinski definition) is 3. The van der Waals surface area contributed by atoms with Gasteiger partial charge < -0.3 is 15.6 Å². The molecule has 1 aliphatic rings. The Morgan fingerprint density at radius 1 is 1.53 bits per heavy atom. The Balaban J connectivity index is 2.14. The minimum Gasteiger partial charge on any atom is -0.399 e. The highest BCUT2D eigenvalue weighted by molar-refractivity contribution is 9.10. The van der Waals surface area contributed by atoms with E-state index in [1.165, 1.54) is 18.2 Å². The molecular weight excluding hydrogens is 336 g/mol. The van der Waals surface area contributed by atoms with E-state index in [1.807, 2.05) is 0 Å². The monoisotopic (exact) mass is 350 g/mol. The number of nitrogens with one attached hydrogen (secondary N) is 1. The molecule has 1 heterocycles. The number of nitrogens with two attached hydrogens (primary N) is 1. The fraction of sp³-hybridized carbons (Fsp3) is 0.455. The van der Waals surface area contributed by atoms with E-state index >= 15 is 0 Å². The van der Waals surface area contributed by atoms with Gasteiger partial charge in [0.05, 0.1) is 11.5 Å². The van der Waals surface area contributed by atoms with Gasteiger partial charge in [-0.15, -0.1) is 0 Å². The predicted octanol–water partition coefficient (Wildman–Crippen LogP) is 0.461. The number of nitrogen functional groups attached to an aromatic ring is 1. The Morgan fingerprint density at radius 2 is 2.26 bits per heavy atom. The van der Waals surface area contributed by atoms with Gasteiger partial charge in [-0.25, -0.2) is 13.1 Å². The van der Waals surface area contributed by atoms with Crippen LogP contribution in [0.15, 0.2) is 27.6 Å². The maximum atomic E-state index is 12.1. The zero-order valence-electron chi connectivity index (χ0n) is 10.1. The summed E-state index contributed by atoms with van der Waals surface area (Å²) >= 11 is 3.16. The molecule has 0 bridgehead atoms. The molecule has 8 heteroatoms. The first-order chi connectivity index (χ1) is 8.82. The first-order valence-electron chi connectivity index (χ1n) is 5.67. The molecule has 1 aromatic rings. The Kier molecular flexibility index (Phi) is 4.17. The first-order valence-corrected chi connectivity index (χ1v) is 7.95. The average Bonchev–Trinajstić information content (AvgIpc) is 2.74. The number of anilines is 1. The molecule has 1 atom stereocenters. The molecule has 6 nitrogen and oxygen atoms in total. The number of ether oxygens (including phenoxy) is 1. The molecule has 2 rings (SSSR count). The van der Waals surface area contributed by atoms with Crippen LogP contribution in [0.25, 0.3) is 0 Å².